The van der Waals surface area contributed by atoms with Gasteiger partial charge in [0.2, 0.25) is 0 Å². The first-order valence-electron chi connectivity index (χ1n) is 5.91. The summed E-state index contributed by atoms with van der Waals surface area (Å²) in [6.45, 7) is 1.53. The lowest BCUT2D eigenvalue weighted by atomic mass is 9.98. The van der Waals surface area contributed by atoms with Crippen molar-refractivity contribution in [2.45, 2.75) is 19.2 Å². The molecule has 0 aromatic heterocycles. The van der Waals surface area contributed by atoms with Crippen LogP contribution in [0.3, 0.4) is 0 Å². The fourth-order valence-corrected chi connectivity index (χ4v) is 1.95. The molecule has 0 bridgehead atoms. The van der Waals surface area contributed by atoms with Gasteiger partial charge in [-0.3, -0.25) is 0 Å². The maximum Gasteiger partial charge on any atom is 0.416 e. The van der Waals surface area contributed by atoms with Gasteiger partial charge in [-0.05, 0) is 30.2 Å². The number of hydrogen-bond acceptors (Lipinski definition) is 1. The molecule has 2 aromatic rings. The molecule has 1 nitrogen and oxygen atoms in total. The van der Waals surface area contributed by atoms with E-state index in [1.807, 2.05) is 0 Å². The van der Waals surface area contributed by atoms with E-state index in [2.05, 4.69) is 0 Å². The zero-order valence-electron chi connectivity index (χ0n) is 10.6. The molecule has 2 aromatic carbocycles. The second-order valence-corrected chi connectivity index (χ2v) is 4.50. The highest BCUT2D eigenvalue weighted by Gasteiger charge is 2.31. The molecule has 0 aliphatic rings. The maximum atomic E-state index is 13.9. The molecule has 2 rings (SSSR count). The number of aliphatic hydroxyl groups is 1. The molecule has 5 heteroatoms. The number of hydrogen-bond donors (Lipinski definition) is 1. The molecule has 1 unspecified atom stereocenters. The van der Waals surface area contributed by atoms with Crippen LogP contribution in [0.1, 0.15) is 28.4 Å². The molecule has 0 spiro atoms. The summed E-state index contributed by atoms with van der Waals surface area (Å²) < 4.78 is 51.8. The molecule has 0 amide bonds. The first-order chi connectivity index (χ1) is 9.30. The van der Waals surface area contributed by atoms with E-state index < -0.39 is 23.7 Å². The first kappa shape index (κ1) is 14.5. The molecule has 106 valence electrons. The van der Waals surface area contributed by atoms with Gasteiger partial charge in [0.25, 0.3) is 0 Å². The Morgan fingerprint density at radius 1 is 1.05 bits per heavy atom. The second kappa shape index (κ2) is 5.25. The van der Waals surface area contributed by atoms with Gasteiger partial charge in [-0.2, -0.15) is 13.2 Å². The van der Waals surface area contributed by atoms with Crippen molar-refractivity contribution in [1.29, 1.82) is 0 Å². The van der Waals surface area contributed by atoms with Gasteiger partial charge in [0, 0.05) is 5.56 Å². The normalized spacial score (nSPS) is 13.3. The molecule has 0 fully saturated rings. The van der Waals surface area contributed by atoms with Crippen molar-refractivity contribution in [3.05, 3.63) is 70.5 Å². The largest absolute Gasteiger partial charge is 0.416 e. The van der Waals surface area contributed by atoms with Gasteiger partial charge in [-0.1, -0.05) is 30.3 Å². The van der Waals surface area contributed by atoms with Crippen LogP contribution in [0, 0.1) is 12.7 Å². The lowest BCUT2D eigenvalue weighted by Gasteiger charge is -2.15. The summed E-state index contributed by atoms with van der Waals surface area (Å²) in [6, 6.07) is 8.68. The third kappa shape index (κ3) is 2.82. The predicted octanol–water partition coefficient (Wildman–Crippen LogP) is 4.23. The molecule has 1 atom stereocenters. The Morgan fingerprint density at radius 3 is 2.35 bits per heavy atom. The predicted molar refractivity (Wildman–Crippen MR) is 66.6 cm³/mol. The summed E-state index contributed by atoms with van der Waals surface area (Å²) in [5.41, 5.74) is -0.579. The smallest absolute Gasteiger partial charge is 0.384 e. The zero-order chi connectivity index (χ0) is 14.9. The van der Waals surface area contributed by atoms with E-state index in [0.717, 1.165) is 12.1 Å². The van der Waals surface area contributed by atoms with Gasteiger partial charge < -0.3 is 5.11 Å². The summed E-state index contributed by atoms with van der Waals surface area (Å²) in [6.07, 6.45) is -5.93. The molecule has 0 aliphatic heterocycles. The van der Waals surface area contributed by atoms with Crippen LogP contribution in [0.15, 0.2) is 42.5 Å². The average molecular weight is 284 g/mol. The van der Waals surface area contributed by atoms with Gasteiger partial charge in [0.15, 0.2) is 0 Å². The third-order valence-corrected chi connectivity index (χ3v) is 3.05. The first-order valence-corrected chi connectivity index (χ1v) is 5.91. The number of halogens is 4. The summed E-state index contributed by atoms with van der Waals surface area (Å²) >= 11 is 0. The molecule has 0 radical (unpaired) electrons. The molecule has 0 saturated heterocycles. The fourth-order valence-electron chi connectivity index (χ4n) is 1.95. The Labute approximate surface area is 113 Å². The van der Waals surface area contributed by atoms with E-state index in [4.69, 9.17) is 0 Å². The summed E-state index contributed by atoms with van der Waals surface area (Å²) in [7, 11) is 0. The van der Waals surface area contributed by atoms with Crippen molar-refractivity contribution in [2.24, 2.45) is 0 Å². The van der Waals surface area contributed by atoms with Crippen LogP contribution in [-0.4, -0.2) is 5.11 Å². The minimum absolute atomic E-state index is 0.00400. The van der Waals surface area contributed by atoms with Crippen LogP contribution in [0.4, 0.5) is 17.6 Å². The summed E-state index contributed by atoms with van der Waals surface area (Å²) in [5.74, 6) is -0.614. The lowest BCUT2D eigenvalue weighted by Crippen LogP contribution is -2.08. The average Bonchev–Trinajstić information content (AvgIpc) is 2.40. The standard InChI is InChI=1S/C15H12F4O/c1-9-4-2-7-12(13(9)16)14(20)10-5-3-6-11(8-10)15(17,18)19/h2-8,14,20H,1H3. The van der Waals surface area contributed by atoms with Gasteiger partial charge in [0.05, 0.1) is 5.56 Å². The summed E-state index contributed by atoms with van der Waals surface area (Å²) in [5, 5.41) is 10.1. The Bertz CT molecular complexity index is 620. The highest BCUT2D eigenvalue weighted by molar-refractivity contribution is 5.36. The third-order valence-electron chi connectivity index (χ3n) is 3.05. The van der Waals surface area contributed by atoms with Crippen molar-refractivity contribution < 1.29 is 22.7 Å². The van der Waals surface area contributed by atoms with E-state index in [0.29, 0.717) is 5.56 Å². The Hall–Kier alpha value is -1.88. The van der Waals surface area contributed by atoms with E-state index >= 15 is 0 Å². The number of aliphatic hydroxyl groups excluding tert-OH is 1. The zero-order valence-corrected chi connectivity index (χ0v) is 10.6. The minimum Gasteiger partial charge on any atom is -0.384 e. The van der Waals surface area contributed by atoms with E-state index in [-0.39, 0.29) is 11.1 Å². The van der Waals surface area contributed by atoms with Crippen molar-refractivity contribution in [3.8, 4) is 0 Å². The van der Waals surface area contributed by atoms with Crippen LogP contribution < -0.4 is 0 Å². The van der Waals surface area contributed by atoms with E-state index in [9.17, 15) is 22.7 Å². The van der Waals surface area contributed by atoms with Crippen LogP contribution in [0.2, 0.25) is 0 Å². The fraction of sp³-hybridized carbons (Fsp3) is 0.200. The molecule has 0 heterocycles. The Kier molecular flexibility index (Phi) is 3.81. The van der Waals surface area contributed by atoms with Crippen molar-refractivity contribution in [3.63, 3.8) is 0 Å². The van der Waals surface area contributed by atoms with Gasteiger partial charge in [-0.15, -0.1) is 0 Å². The van der Waals surface area contributed by atoms with Gasteiger partial charge in [0.1, 0.15) is 11.9 Å². The number of aryl methyl sites for hydroxylation is 1. The Morgan fingerprint density at radius 2 is 1.70 bits per heavy atom. The molecular formula is C15H12F4O. The highest BCUT2D eigenvalue weighted by Crippen LogP contribution is 2.32. The summed E-state index contributed by atoms with van der Waals surface area (Å²) in [4.78, 5) is 0. The molecule has 20 heavy (non-hydrogen) atoms. The number of alkyl halides is 3. The van der Waals surface area contributed by atoms with E-state index in [1.54, 1.807) is 6.07 Å². The number of benzene rings is 2. The van der Waals surface area contributed by atoms with Crippen LogP contribution >= 0.6 is 0 Å². The van der Waals surface area contributed by atoms with Crippen molar-refractivity contribution >= 4 is 0 Å². The molecule has 0 aliphatic carbocycles. The van der Waals surface area contributed by atoms with Crippen molar-refractivity contribution in [1.82, 2.24) is 0 Å². The van der Waals surface area contributed by atoms with Crippen molar-refractivity contribution in [2.75, 3.05) is 0 Å². The SMILES string of the molecule is Cc1cccc(C(O)c2cccc(C(F)(F)F)c2)c1F. The van der Waals surface area contributed by atoms with Gasteiger partial charge in [-0.25, -0.2) is 4.39 Å². The van der Waals surface area contributed by atoms with E-state index in [1.165, 1.54) is 31.2 Å². The highest BCUT2D eigenvalue weighted by atomic mass is 19.4. The molecule has 1 N–H and O–H groups in total. The number of rotatable bonds is 2. The lowest BCUT2D eigenvalue weighted by molar-refractivity contribution is -0.137. The monoisotopic (exact) mass is 284 g/mol. The maximum absolute atomic E-state index is 13.9. The Balaban J connectivity index is 2.44. The van der Waals surface area contributed by atoms with Crippen LogP contribution in [0.25, 0.3) is 0 Å². The van der Waals surface area contributed by atoms with Gasteiger partial charge >= 0.3 is 6.18 Å². The topological polar surface area (TPSA) is 20.2 Å². The van der Waals surface area contributed by atoms with Crippen LogP contribution in [0.5, 0.6) is 0 Å². The quantitative estimate of drug-likeness (QED) is 0.818. The van der Waals surface area contributed by atoms with Crippen LogP contribution in [-0.2, 0) is 6.18 Å². The second-order valence-electron chi connectivity index (χ2n) is 4.50. The molecule has 0 saturated carbocycles. The molecular weight excluding hydrogens is 272 g/mol. The minimum atomic E-state index is -4.50.